The summed E-state index contributed by atoms with van der Waals surface area (Å²) in [6.07, 6.45) is 3.19. The van der Waals surface area contributed by atoms with Crippen molar-refractivity contribution in [3.8, 4) is 5.75 Å². The Balaban J connectivity index is 1.63. The Kier molecular flexibility index (Phi) is 5.74. The molecule has 5 heteroatoms. The number of para-hydroxylation sites is 1. The minimum Gasteiger partial charge on any atom is -0.496 e. The zero-order valence-corrected chi connectivity index (χ0v) is 14.9. The van der Waals surface area contributed by atoms with Crippen LogP contribution in [0.5, 0.6) is 5.75 Å². The van der Waals surface area contributed by atoms with E-state index in [1.807, 2.05) is 23.1 Å². The molecule has 3 rings (SSSR count). The highest BCUT2D eigenvalue weighted by Crippen LogP contribution is 2.31. The highest BCUT2D eigenvalue weighted by Gasteiger charge is 2.30. The van der Waals surface area contributed by atoms with E-state index in [1.54, 1.807) is 7.11 Å². The lowest BCUT2D eigenvalue weighted by Crippen LogP contribution is -2.49. The Labute approximate surface area is 145 Å². The first-order valence-electron chi connectivity index (χ1n) is 9.02. The van der Waals surface area contributed by atoms with Gasteiger partial charge in [-0.1, -0.05) is 18.2 Å². The summed E-state index contributed by atoms with van der Waals surface area (Å²) in [4.78, 5) is 19.4. The first-order valence-corrected chi connectivity index (χ1v) is 9.02. The van der Waals surface area contributed by atoms with Gasteiger partial charge in [0.05, 0.1) is 13.2 Å². The second-order valence-electron chi connectivity index (χ2n) is 6.88. The van der Waals surface area contributed by atoms with Crippen molar-refractivity contribution in [1.82, 2.24) is 14.7 Å². The molecule has 1 amide bonds. The molecule has 0 aliphatic carbocycles. The zero-order chi connectivity index (χ0) is 16.9. The topological polar surface area (TPSA) is 36.0 Å². The van der Waals surface area contributed by atoms with Gasteiger partial charge in [-0.2, -0.15) is 0 Å². The number of benzene rings is 1. The molecule has 24 heavy (non-hydrogen) atoms. The number of hydrogen-bond acceptors (Lipinski definition) is 4. The molecule has 0 bridgehead atoms. The predicted octanol–water partition coefficient (Wildman–Crippen LogP) is 2.00. The Morgan fingerprint density at radius 2 is 1.92 bits per heavy atom. The van der Waals surface area contributed by atoms with Gasteiger partial charge in [0.25, 0.3) is 0 Å². The minimum atomic E-state index is 0.200. The smallest absolute Gasteiger partial charge is 0.223 e. The van der Waals surface area contributed by atoms with Gasteiger partial charge in [0, 0.05) is 38.2 Å². The van der Waals surface area contributed by atoms with Gasteiger partial charge in [-0.15, -0.1) is 0 Å². The summed E-state index contributed by atoms with van der Waals surface area (Å²) in [5.74, 6) is 1.19. The lowest BCUT2D eigenvalue weighted by Gasteiger charge is -2.40. The summed E-state index contributed by atoms with van der Waals surface area (Å²) in [5.41, 5.74) is 1.17. The molecule has 1 atom stereocenters. The maximum Gasteiger partial charge on any atom is 0.223 e. The molecule has 0 N–H and O–H groups in total. The molecule has 2 aliphatic heterocycles. The van der Waals surface area contributed by atoms with E-state index in [2.05, 4.69) is 22.9 Å². The van der Waals surface area contributed by atoms with Crippen LogP contribution < -0.4 is 4.74 Å². The number of amides is 1. The largest absolute Gasteiger partial charge is 0.496 e. The molecule has 0 aromatic heterocycles. The summed E-state index contributed by atoms with van der Waals surface area (Å²) in [6, 6.07) is 8.34. The van der Waals surface area contributed by atoms with Crippen LogP contribution in [0.15, 0.2) is 24.3 Å². The van der Waals surface area contributed by atoms with Crippen LogP contribution >= 0.6 is 0 Å². The number of likely N-dealkylation sites (N-methyl/N-ethyl adjacent to an activating group) is 1. The molecule has 1 unspecified atom stereocenters. The molecule has 132 valence electrons. The van der Waals surface area contributed by atoms with Crippen molar-refractivity contribution in [2.75, 3.05) is 53.4 Å². The molecule has 0 radical (unpaired) electrons. The molecule has 2 heterocycles. The minimum absolute atomic E-state index is 0.200. The summed E-state index contributed by atoms with van der Waals surface area (Å²) >= 11 is 0. The van der Waals surface area contributed by atoms with E-state index in [-0.39, 0.29) is 11.9 Å². The van der Waals surface area contributed by atoms with Crippen molar-refractivity contribution in [2.45, 2.75) is 25.3 Å². The first kappa shape index (κ1) is 17.2. The lowest BCUT2D eigenvalue weighted by molar-refractivity contribution is -0.134. The predicted molar refractivity (Wildman–Crippen MR) is 95.2 cm³/mol. The summed E-state index contributed by atoms with van der Waals surface area (Å²) < 4.78 is 5.52. The Bertz CT molecular complexity index is 557. The number of methoxy groups -OCH3 is 1. The molecule has 2 fully saturated rings. The monoisotopic (exact) mass is 331 g/mol. The fraction of sp³-hybridized carbons (Fsp3) is 0.632. The average Bonchev–Trinajstić information content (AvgIpc) is 3.13. The number of ether oxygens (including phenoxy) is 1. The number of nitrogens with zero attached hydrogens (tertiary/aromatic N) is 3. The van der Waals surface area contributed by atoms with Crippen LogP contribution in [0.3, 0.4) is 0 Å². The van der Waals surface area contributed by atoms with Crippen molar-refractivity contribution in [3.63, 3.8) is 0 Å². The Morgan fingerprint density at radius 3 is 2.67 bits per heavy atom. The average molecular weight is 331 g/mol. The van der Waals surface area contributed by atoms with Crippen molar-refractivity contribution in [1.29, 1.82) is 0 Å². The Hall–Kier alpha value is -1.59. The fourth-order valence-corrected chi connectivity index (χ4v) is 3.80. The molecule has 5 nitrogen and oxygen atoms in total. The van der Waals surface area contributed by atoms with Crippen LogP contribution in [0.2, 0.25) is 0 Å². The maximum atomic E-state index is 12.6. The molecule has 1 aromatic carbocycles. The third-order valence-electron chi connectivity index (χ3n) is 5.34. The summed E-state index contributed by atoms with van der Waals surface area (Å²) in [7, 11) is 3.84. The van der Waals surface area contributed by atoms with Crippen LogP contribution in [-0.2, 0) is 4.79 Å². The van der Waals surface area contributed by atoms with Gasteiger partial charge in [-0.05, 0) is 39.0 Å². The number of carbonyl (C=O) groups is 1. The quantitative estimate of drug-likeness (QED) is 0.827. The molecule has 2 saturated heterocycles. The first-order chi connectivity index (χ1) is 11.7. The van der Waals surface area contributed by atoms with Gasteiger partial charge in [0.15, 0.2) is 0 Å². The molecular weight excluding hydrogens is 302 g/mol. The van der Waals surface area contributed by atoms with Crippen LogP contribution in [0.4, 0.5) is 0 Å². The third-order valence-corrected chi connectivity index (χ3v) is 5.34. The van der Waals surface area contributed by atoms with E-state index in [0.29, 0.717) is 6.42 Å². The van der Waals surface area contributed by atoms with Crippen LogP contribution in [0.25, 0.3) is 0 Å². The van der Waals surface area contributed by atoms with E-state index in [4.69, 9.17) is 4.74 Å². The molecule has 0 saturated carbocycles. The van der Waals surface area contributed by atoms with E-state index < -0.39 is 0 Å². The van der Waals surface area contributed by atoms with Gasteiger partial charge in [0.2, 0.25) is 5.91 Å². The third kappa shape index (κ3) is 3.90. The molecule has 2 aliphatic rings. The fourth-order valence-electron chi connectivity index (χ4n) is 3.80. The van der Waals surface area contributed by atoms with E-state index >= 15 is 0 Å². The number of piperazine rings is 1. The standard InChI is InChI=1S/C19H29N3O2/c1-20-13-14-22(19(23)9-12-21-10-5-6-11-21)15-17(20)16-7-3-4-8-18(16)24-2/h3-4,7-8,17H,5-6,9-15H2,1-2H3. The van der Waals surface area contributed by atoms with Gasteiger partial charge in [-0.25, -0.2) is 0 Å². The van der Waals surface area contributed by atoms with Crippen molar-refractivity contribution in [3.05, 3.63) is 29.8 Å². The van der Waals surface area contributed by atoms with Gasteiger partial charge >= 0.3 is 0 Å². The van der Waals surface area contributed by atoms with Gasteiger partial charge in [-0.3, -0.25) is 9.69 Å². The van der Waals surface area contributed by atoms with Crippen LogP contribution in [0, 0.1) is 0 Å². The second kappa shape index (κ2) is 7.99. The molecular formula is C19H29N3O2. The van der Waals surface area contributed by atoms with Gasteiger partial charge < -0.3 is 14.5 Å². The van der Waals surface area contributed by atoms with E-state index in [9.17, 15) is 4.79 Å². The number of carbonyl (C=O) groups excluding carboxylic acids is 1. The highest BCUT2D eigenvalue weighted by atomic mass is 16.5. The number of likely N-dealkylation sites (tertiary alicyclic amines) is 1. The highest BCUT2D eigenvalue weighted by molar-refractivity contribution is 5.76. The number of hydrogen-bond donors (Lipinski definition) is 0. The zero-order valence-electron chi connectivity index (χ0n) is 14.9. The second-order valence-corrected chi connectivity index (χ2v) is 6.88. The normalized spacial score (nSPS) is 22.8. The summed E-state index contributed by atoms with van der Waals surface area (Å²) in [6.45, 7) is 5.68. The Morgan fingerprint density at radius 1 is 1.17 bits per heavy atom. The van der Waals surface area contributed by atoms with Gasteiger partial charge in [0.1, 0.15) is 5.75 Å². The van der Waals surface area contributed by atoms with Crippen LogP contribution in [-0.4, -0.2) is 74.0 Å². The SMILES string of the molecule is COc1ccccc1C1CN(C(=O)CCN2CCCC2)CCN1C. The maximum absolute atomic E-state index is 12.6. The van der Waals surface area contributed by atoms with Crippen molar-refractivity contribution < 1.29 is 9.53 Å². The molecule has 1 aromatic rings. The summed E-state index contributed by atoms with van der Waals surface area (Å²) in [5, 5.41) is 0. The van der Waals surface area contributed by atoms with E-state index in [1.165, 1.54) is 18.4 Å². The van der Waals surface area contributed by atoms with Crippen molar-refractivity contribution >= 4 is 5.91 Å². The van der Waals surface area contributed by atoms with Crippen LogP contribution in [0.1, 0.15) is 30.9 Å². The lowest BCUT2D eigenvalue weighted by atomic mass is 10.0. The molecule has 0 spiro atoms. The number of rotatable bonds is 5. The van der Waals surface area contributed by atoms with E-state index in [0.717, 1.165) is 45.0 Å². The van der Waals surface area contributed by atoms with Crippen molar-refractivity contribution in [2.24, 2.45) is 0 Å².